The molecule has 0 atom stereocenters. The highest BCUT2D eigenvalue weighted by atomic mass is 32.1. The zero-order valence-corrected chi connectivity index (χ0v) is 15.9. The fourth-order valence-electron chi connectivity index (χ4n) is 2.58. The van der Waals surface area contributed by atoms with E-state index in [1.165, 1.54) is 16.9 Å². The molecule has 0 aliphatic rings. The van der Waals surface area contributed by atoms with E-state index in [2.05, 4.69) is 37.0 Å². The molecule has 1 aromatic heterocycles. The van der Waals surface area contributed by atoms with E-state index in [1.807, 2.05) is 47.9 Å². The van der Waals surface area contributed by atoms with E-state index < -0.39 is 0 Å². The number of benzene rings is 2. The summed E-state index contributed by atoms with van der Waals surface area (Å²) >= 11 is 1.48. The average molecular weight is 360 g/mol. The molecule has 0 unspecified atom stereocenters. The summed E-state index contributed by atoms with van der Waals surface area (Å²) in [7, 11) is 1.65. The Morgan fingerprint density at radius 3 is 2.38 bits per heavy atom. The van der Waals surface area contributed by atoms with Gasteiger partial charge < -0.3 is 4.74 Å². The van der Waals surface area contributed by atoms with Gasteiger partial charge in [0.2, 0.25) is 0 Å². The number of aromatic nitrogens is 1. The Morgan fingerprint density at radius 2 is 1.81 bits per heavy atom. The Kier molecular flexibility index (Phi) is 5.50. The van der Waals surface area contributed by atoms with Crippen molar-refractivity contribution in [3.05, 3.63) is 70.0 Å². The number of methoxy groups -OCH3 is 1. The van der Waals surface area contributed by atoms with Crippen LogP contribution in [0.15, 0.2) is 53.9 Å². The predicted molar refractivity (Wildman–Crippen MR) is 108 cm³/mol. The zero-order chi connectivity index (χ0) is 18.5. The van der Waals surface area contributed by atoms with Gasteiger partial charge in [-0.25, -0.2) is 4.98 Å². The average Bonchev–Trinajstić information content (AvgIpc) is 3.16. The fourth-order valence-corrected chi connectivity index (χ4v) is 3.37. The van der Waals surface area contributed by atoms with Gasteiger partial charge in [0.05, 0.1) is 18.4 Å². The van der Waals surface area contributed by atoms with Crippen LogP contribution in [0.3, 0.4) is 0 Å². The third kappa shape index (κ3) is 4.01. The molecule has 26 heavy (non-hydrogen) atoms. The van der Waals surface area contributed by atoms with E-state index in [1.54, 1.807) is 7.11 Å². The normalized spacial score (nSPS) is 11.4. The van der Waals surface area contributed by atoms with Gasteiger partial charge in [0.25, 0.3) is 0 Å². The second-order valence-electron chi connectivity index (χ2n) is 6.26. The summed E-state index contributed by atoms with van der Waals surface area (Å²) in [4.78, 5) is 4.64. The second-order valence-corrected chi connectivity index (χ2v) is 7.12. The lowest BCUT2D eigenvalue weighted by atomic mass is 10.0. The van der Waals surface area contributed by atoms with Crippen LogP contribution < -0.4 is 4.74 Å². The first-order valence-electron chi connectivity index (χ1n) is 8.43. The Morgan fingerprint density at radius 1 is 1.12 bits per heavy atom. The molecule has 3 rings (SSSR count). The van der Waals surface area contributed by atoms with Gasteiger partial charge >= 0.3 is 0 Å². The standard InChI is InChI=1S/C22H20N2OS/c1-15(2)17-6-4-16(5-7-17)12-19(13-23)22-24-21(14-26-22)18-8-10-20(25-3)11-9-18/h4-12,14-15H,1-3H3/b19-12-. The zero-order valence-electron chi connectivity index (χ0n) is 15.1. The monoisotopic (exact) mass is 360 g/mol. The van der Waals surface area contributed by atoms with E-state index in [9.17, 15) is 5.26 Å². The van der Waals surface area contributed by atoms with Crippen LogP contribution in [-0.2, 0) is 0 Å². The minimum absolute atomic E-state index is 0.495. The molecule has 0 N–H and O–H groups in total. The molecule has 4 heteroatoms. The summed E-state index contributed by atoms with van der Waals surface area (Å²) in [6.07, 6.45) is 1.89. The molecule has 1 heterocycles. The van der Waals surface area contributed by atoms with E-state index in [0.717, 1.165) is 27.6 Å². The number of ether oxygens (including phenoxy) is 1. The maximum atomic E-state index is 9.56. The van der Waals surface area contributed by atoms with Crippen LogP contribution in [0.4, 0.5) is 0 Å². The van der Waals surface area contributed by atoms with Crippen molar-refractivity contribution in [2.45, 2.75) is 19.8 Å². The Labute approximate surface area is 158 Å². The number of thiazole rings is 1. The number of nitrogens with zero attached hydrogens (tertiary/aromatic N) is 2. The molecule has 0 spiro atoms. The van der Waals surface area contributed by atoms with Gasteiger partial charge in [-0.2, -0.15) is 5.26 Å². The Hall–Kier alpha value is -2.90. The highest BCUT2D eigenvalue weighted by Gasteiger charge is 2.09. The van der Waals surface area contributed by atoms with E-state index in [0.29, 0.717) is 11.5 Å². The summed E-state index contributed by atoms with van der Waals surface area (Å²) in [5.41, 5.74) is 4.74. The molecular formula is C22H20N2OS. The van der Waals surface area contributed by atoms with E-state index in [4.69, 9.17) is 4.74 Å². The van der Waals surface area contributed by atoms with Crippen LogP contribution in [0.5, 0.6) is 5.75 Å². The maximum Gasteiger partial charge on any atom is 0.134 e. The number of hydrogen-bond acceptors (Lipinski definition) is 4. The molecule has 0 bridgehead atoms. The van der Waals surface area contributed by atoms with Crippen molar-refractivity contribution in [1.29, 1.82) is 5.26 Å². The van der Waals surface area contributed by atoms with Crippen molar-refractivity contribution in [2.75, 3.05) is 7.11 Å². The molecule has 0 saturated heterocycles. The molecule has 0 fully saturated rings. The number of rotatable bonds is 5. The van der Waals surface area contributed by atoms with Gasteiger partial charge in [0.15, 0.2) is 0 Å². The summed E-state index contributed by atoms with van der Waals surface area (Å²) in [6.45, 7) is 4.34. The van der Waals surface area contributed by atoms with Crippen LogP contribution >= 0.6 is 11.3 Å². The van der Waals surface area contributed by atoms with Gasteiger partial charge in [0.1, 0.15) is 16.8 Å². The first-order chi connectivity index (χ1) is 12.6. The van der Waals surface area contributed by atoms with Crippen molar-refractivity contribution in [1.82, 2.24) is 4.98 Å². The maximum absolute atomic E-state index is 9.56. The number of nitriles is 1. The first-order valence-corrected chi connectivity index (χ1v) is 9.30. The summed E-state index contributed by atoms with van der Waals surface area (Å²) in [5.74, 6) is 1.31. The van der Waals surface area contributed by atoms with Crippen LogP contribution in [0.2, 0.25) is 0 Å². The molecule has 2 aromatic carbocycles. The lowest BCUT2D eigenvalue weighted by molar-refractivity contribution is 0.415. The summed E-state index contributed by atoms with van der Waals surface area (Å²) < 4.78 is 5.19. The highest BCUT2D eigenvalue weighted by molar-refractivity contribution is 7.11. The third-order valence-corrected chi connectivity index (χ3v) is 5.03. The van der Waals surface area contributed by atoms with Gasteiger partial charge in [-0.15, -0.1) is 11.3 Å². The molecule has 3 nitrogen and oxygen atoms in total. The first kappa shape index (κ1) is 17.9. The second kappa shape index (κ2) is 7.99. The lowest BCUT2D eigenvalue weighted by Crippen LogP contribution is -1.87. The fraction of sp³-hybridized carbons (Fsp3) is 0.182. The number of allylic oxidation sites excluding steroid dienone is 1. The largest absolute Gasteiger partial charge is 0.497 e. The van der Waals surface area contributed by atoms with Crippen LogP contribution in [-0.4, -0.2) is 12.1 Å². The van der Waals surface area contributed by atoms with Gasteiger partial charge in [0, 0.05) is 10.9 Å². The van der Waals surface area contributed by atoms with Crippen molar-refractivity contribution < 1.29 is 4.74 Å². The van der Waals surface area contributed by atoms with Crippen LogP contribution in [0.25, 0.3) is 22.9 Å². The molecule has 0 aliphatic heterocycles. The highest BCUT2D eigenvalue weighted by Crippen LogP contribution is 2.28. The van der Waals surface area contributed by atoms with Crippen LogP contribution in [0.1, 0.15) is 35.9 Å². The van der Waals surface area contributed by atoms with Gasteiger partial charge in [-0.1, -0.05) is 38.1 Å². The molecule has 0 aliphatic carbocycles. The van der Waals surface area contributed by atoms with Crippen molar-refractivity contribution in [2.24, 2.45) is 0 Å². The lowest BCUT2D eigenvalue weighted by Gasteiger charge is -2.04. The number of hydrogen-bond donors (Lipinski definition) is 0. The molecule has 3 aromatic rings. The quantitative estimate of drug-likeness (QED) is 0.524. The van der Waals surface area contributed by atoms with Gasteiger partial charge in [-0.3, -0.25) is 0 Å². The molecule has 0 radical (unpaired) electrons. The van der Waals surface area contributed by atoms with Crippen molar-refractivity contribution in [3.63, 3.8) is 0 Å². The minimum atomic E-state index is 0.495. The Bertz CT molecular complexity index is 945. The van der Waals surface area contributed by atoms with E-state index >= 15 is 0 Å². The third-order valence-electron chi connectivity index (χ3n) is 4.15. The molecule has 0 amide bonds. The van der Waals surface area contributed by atoms with Crippen molar-refractivity contribution >= 4 is 23.0 Å². The van der Waals surface area contributed by atoms with Gasteiger partial charge in [-0.05, 0) is 47.4 Å². The van der Waals surface area contributed by atoms with Crippen LogP contribution in [0, 0.1) is 11.3 Å². The Balaban J connectivity index is 1.86. The smallest absolute Gasteiger partial charge is 0.134 e. The summed E-state index contributed by atoms with van der Waals surface area (Å²) in [5, 5.41) is 12.3. The minimum Gasteiger partial charge on any atom is -0.497 e. The SMILES string of the molecule is COc1ccc(-c2csc(/C(C#N)=C\c3ccc(C(C)C)cc3)n2)cc1. The van der Waals surface area contributed by atoms with E-state index in [-0.39, 0.29) is 0 Å². The summed E-state index contributed by atoms with van der Waals surface area (Å²) in [6, 6.07) is 18.3. The molecule has 0 saturated carbocycles. The molecule has 130 valence electrons. The predicted octanol–water partition coefficient (Wildman–Crippen LogP) is 6.01. The topological polar surface area (TPSA) is 45.9 Å². The van der Waals surface area contributed by atoms with Crippen molar-refractivity contribution in [3.8, 4) is 23.1 Å². The molecular weight excluding hydrogens is 340 g/mol.